The third-order valence-corrected chi connectivity index (χ3v) is 7.32. The van der Waals surface area contributed by atoms with Gasteiger partial charge in [0.25, 0.3) is 5.91 Å². The summed E-state index contributed by atoms with van der Waals surface area (Å²) in [5.74, 6) is 0.788. The smallest absolute Gasteiger partial charge is 0.289 e. The van der Waals surface area contributed by atoms with Crippen molar-refractivity contribution in [2.75, 3.05) is 39.0 Å². The molecule has 1 saturated heterocycles. The first-order valence-electron chi connectivity index (χ1n) is 11.7. The van der Waals surface area contributed by atoms with Gasteiger partial charge < -0.3 is 19.0 Å². The Morgan fingerprint density at radius 3 is 2.45 bits per heavy atom. The molecule has 9 nitrogen and oxygen atoms in total. The lowest BCUT2D eigenvalue weighted by Crippen LogP contribution is -2.51. The molecule has 0 spiro atoms. The number of aromatic nitrogens is 3. The summed E-state index contributed by atoms with van der Waals surface area (Å²) in [5.41, 5.74) is 1.32. The van der Waals surface area contributed by atoms with Crippen molar-refractivity contribution >= 4 is 35.2 Å². The number of hydrogen-bond acceptors (Lipinski definition) is 7. The predicted molar refractivity (Wildman–Crippen MR) is 140 cm³/mol. The first kappa shape index (κ1) is 25.8. The van der Waals surface area contributed by atoms with Crippen molar-refractivity contribution in [1.29, 1.82) is 0 Å². The summed E-state index contributed by atoms with van der Waals surface area (Å²) < 4.78 is 26.1. The molecule has 12 heteroatoms. The van der Waals surface area contributed by atoms with Crippen molar-refractivity contribution < 1.29 is 23.1 Å². The average Bonchev–Trinajstić information content (AvgIpc) is 3.64. The highest BCUT2D eigenvalue weighted by Gasteiger charge is 2.27. The minimum absolute atomic E-state index is 0.0362. The van der Waals surface area contributed by atoms with Crippen molar-refractivity contribution in [2.45, 2.75) is 5.16 Å². The van der Waals surface area contributed by atoms with Crippen molar-refractivity contribution in [2.24, 2.45) is 0 Å². The number of nitrogens with zero attached hydrogens (tertiary/aromatic N) is 5. The van der Waals surface area contributed by atoms with Crippen LogP contribution in [0.1, 0.15) is 10.6 Å². The second kappa shape index (κ2) is 11.3. The molecule has 2 amide bonds. The van der Waals surface area contributed by atoms with Gasteiger partial charge in [0.2, 0.25) is 5.91 Å². The number of hydrogen-bond donors (Lipinski definition) is 0. The number of benzene rings is 2. The molecule has 4 aromatic rings. The van der Waals surface area contributed by atoms with Crippen LogP contribution in [0.4, 0.5) is 4.39 Å². The molecule has 38 heavy (non-hydrogen) atoms. The molecule has 0 saturated carbocycles. The zero-order chi connectivity index (χ0) is 26.6. The molecule has 5 rings (SSSR count). The van der Waals surface area contributed by atoms with E-state index in [1.807, 2.05) is 12.1 Å². The molecular formula is C26H23ClFN5O4S. The van der Waals surface area contributed by atoms with Crippen molar-refractivity contribution in [3.63, 3.8) is 0 Å². The molecule has 0 radical (unpaired) electrons. The Labute approximate surface area is 227 Å². The standard InChI is InChI=1S/C26H23ClFN5O4S/c1-36-19-7-4-17(5-8-19)24-29-30-26(33(24)18-6-9-21(28)20(27)15-18)38-16-23(34)31-10-12-32(13-11-31)25(35)22-3-2-14-37-22/h2-9,14-15H,10-13,16H2,1H3. The third-order valence-electron chi connectivity index (χ3n) is 6.12. The van der Waals surface area contributed by atoms with Gasteiger partial charge in [0.15, 0.2) is 16.7 Å². The van der Waals surface area contributed by atoms with Gasteiger partial charge in [-0.05, 0) is 54.6 Å². The molecule has 2 aromatic carbocycles. The maximum absolute atomic E-state index is 13.9. The van der Waals surface area contributed by atoms with E-state index in [2.05, 4.69) is 10.2 Å². The Morgan fingerprint density at radius 1 is 1.05 bits per heavy atom. The number of carbonyl (C=O) groups excluding carboxylic acids is 2. The molecule has 196 valence electrons. The highest BCUT2D eigenvalue weighted by atomic mass is 35.5. The van der Waals surface area contributed by atoms with Crippen LogP contribution in [0.25, 0.3) is 17.1 Å². The van der Waals surface area contributed by atoms with Crippen molar-refractivity contribution in [1.82, 2.24) is 24.6 Å². The first-order valence-corrected chi connectivity index (χ1v) is 13.1. The number of carbonyl (C=O) groups is 2. The monoisotopic (exact) mass is 555 g/mol. The number of rotatable bonds is 7. The number of piperazine rings is 1. The molecule has 2 aromatic heterocycles. The van der Waals surface area contributed by atoms with Gasteiger partial charge in [0.1, 0.15) is 11.6 Å². The second-order valence-electron chi connectivity index (χ2n) is 8.41. The van der Waals surface area contributed by atoms with Crippen molar-refractivity contribution in [3.05, 3.63) is 77.5 Å². The number of amides is 2. The number of halogens is 2. The zero-order valence-corrected chi connectivity index (χ0v) is 21.9. The highest BCUT2D eigenvalue weighted by Crippen LogP contribution is 2.31. The summed E-state index contributed by atoms with van der Waals surface area (Å²) in [6.07, 6.45) is 1.46. The summed E-state index contributed by atoms with van der Waals surface area (Å²) in [7, 11) is 1.58. The highest BCUT2D eigenvalue weighted by molar-refractivity contribution is 7.99. The van der Waals surface area contributed by atoms with Crippen LogP contribution in [-0.2, 0) is 4.79 Å². The third kappa shape index (κ3) is 5.39. The normalized spacial score (nSPS) is 13.6. The molecule has 0 aliphatic carbocycles. The quantitative estimate of drug-likeness (QED) is 0.312. The Bertz CT molecular complexity index is 1440. The maximum atomic E-state index is 13.9. The van der Waals surface area contributed by atoms with Crippen LogP contribution in [0.3, 0.4) is 0 Å². The molecule has 1 aliphatic heterocycles. The average molecular weight is 556 g/mol. The van der Waals surface area contributed by atoms with E-state index in [0.717, 1.165) is 5.56 Å². The molecule has 1 fully saturated rings. The largest absolute Gasteiger partial charge is 0.497 e. The van der Waals surface area contributed by atoms with E-state index >= 15 is 0 Å². The van der Waals surface area contributed by atoms with Crippen LogP contribution in [-0.4, -0.2) is 75.4 Å². The Morgan fingerprint density at radius 2 is 1.79 bits per heavy atom. The van der Waals surface area contributed by atoms with E-state index in [1.54, 1.807) is 51.8 Å². The lowest BCUT2D eigenvalue weighted by molar-refractivity contribution is -0.129. The fourth-order valence-electron chi connectivity index (χ4n) is 4.08. The molecule has 0 N–H and O–H groups in total. The van der Waals surface area contributed by atoms with Crippen molar-refractivity contribution in [3.8, 4) is 22.8 Å². The van der Waals surface area contributed by atoms with E-state index in [-0.39, 0.29) is 28.4 Å². The van der Waals surface area contributed by atoms with Gasteiger partial charge in [0.05, 0.1) is 29.8 Å². The SMILES string of the molecule is COc1ccc(-c2nnc(SCC(=O)N3CCN(C(=O)c4ccco4)CC3)n2-c2ccc(F)c(Cl)c2)cc1. The summed E-state index contributed by atoms with van der Waals surface area (Å²) >= 11 is 7.29. The molecule has 3 heterocycles. The minimum atomic E-state index is -0.538. The summed E-state index contributed by atoms with van der Waals surface area (Å²) in [5, 5.41) is 9.09. The van der Waals surface area contributed by atoms with Crippen LogP contribution in [0.15, 0.2) is 70.4 Å². The lowest BCUT2D eigenvalue weighted by atomic mass is 10.2. The van der Waals surface area contributed by atoms with Crippen LogP contribution < -0.4 is 4.74 Å². The Balaban J connectivity index is 1.31. The van der Waals surface area contributed by atoms with E-state index in [0.29, 0.717) is 48.6 Å². The number of furan rings is 1. The molecular weight excluding hydrogens is 533 g/mol. The van der Waals surface area contributed by atoms with Crippen LogP contribution in [0.2, 0.25) is 5.02 Å². The zero-order valence-electron chi connectivity index (χ0n) is 20.3. The Kier molecular flexibility index (Phi) is 7.66. The summed E-state index contributed by atoms with van der Waals surface area (Å²) in [4.78, 5) is 28.9. The maximum Gasteiger partial charge on any atom is 0.289 e. The molecule has 0 atom stereocenters. The number of thioether (sulfide) groups is 1. The molecule has 0 bridgehead atoms. The van der Waals surface area contributed by atoms with Gasteiger partial charge in [-0.2, -0.15) is 0 Å². The fourth-order valence-corrected chi connectivity index (χ4v) is 5.11. The second-order valence-corrected chi connectivity index (χ2v) is 9.76. The van der Waals surface area contributed by atoms with Crippen LogP contribution >= 0.6 is 23.4 Å². The van der Waals surface area contributed by atoms with E-state index in [4.69, 9.17) is 20.8 Å². The molecule has 0 unspecified atom stereocenters. The Hall–Kier alpha value is -3.83. The van der Waals surface area contributed by atoms with E-state index < -0.39 is 5.82 Å². The van der Waals surface area contributed by atoms with Crippen LogP contribution in [0.5, 0.6) is 5.75 Å². The van der Waals surface area contributed by atoms with E-state index in [1.165, 1.54) is 30.2 Å². The van der Waals surface area contributed by atoms with Gasteiger partial charge in [-0.3, -0.25) is 14.2 Å². The van der Waals surface area contributed by atoms with Gasteiger partial charge in [-0.25, -0.2) is 4.39 Å². The summed E-state index contributed by atoms with van der Waals surface area (Å²) in [6, 6.07) is 14.9. The molecule has 1 aliphatic rings. The van der Waals surface area contributed by atoms with Gasteiger partial charge in [-0.1, -0.05) is 23.4 Å². The van der Waals surface area contributed by atoms with Gasteiger partial charge >= 0.3 is 0 Å². The van der Waals surface area contributed by atoms with E-state index in [9.17, 15) is 14.0 Å². The number of ether oxygens (including phenoxy) is 1. The van der Waals surface area contributed by atoms with Gasteiger partial charge in [0, 0.05) is 31.7 Å². The fraction of sp³-hybridized carbons (Fsp3) is 0.231. The minimum Gasteiger partial charge on any atom is -0.497 e. The predicted octanol–water partition coefficient (Wildman–Crippen LogP) is 4.41. The number of methoxy groups -OCH3 is 1. The lowest BCUT2D eigenvalue weighted by Gasteiger charge is -2.34. The van der Waals surface area contributed by atoms with Gasteiger partial charge in [-0.15, -0.1) is 10.2 Å². The topological polar surface area (TPSA) is 93.7 Å². The first-order chi connectivity index (χ1) is 18.4. The summed E-state index contributed by atoms with van der Waals surface area (Å²) in [6.45, 7) is 1.68. The van der Waals surface area contributed by atoms with Crippen LogP contribution in [0, 0.1) is 5.82 Å².